The highest BCUT2D eigenvalue weighted by Gasteiger charge is 2.37. The van der Waals surface area contributed by atoms with E-state index in [0.717, 1.165) is 38.9 Å². The van der Waals surface area contributed by atoms with Gasteiger partial charge in [-0.3, -0.25) is 0 Å². The second kappa shape index (κ2) is 12.2. The number of furan rings is 1. The largest absolute Gasteiger partial charge is 0.456 e. The van der Waals surface area contributed by atoms with Gasteiger partial charge in [0.1, 0.15) is 11.2 Å². The molecular formula is C57H38N2O. The van der Waals surface area contributed by atoms with Gasteiger partial charge in [0, 0.05) is 49.1 Å². The summed E-state index contributed by atoms with van der Waals surface area (Å²) in [5.41, 5.74) is 19.0. The lowest BCUT2D eigenvalue weighted by atomic mass is 9.82. The van der Waals surface area contributed by atoms with E-state index in [9.17, 15) is 0 Å². The molecule has 1 aliphatic rings. The molecule has 3 heteroatoms. The molecule has 0 atom stereocenters. The van der Waals surface area contributed by atoms with E-state index in [0.29, 0.717) is 0 Å². The van der Waals surface area contributed by atoms with Crippen LogP contribution >= 0.6 is 0 Å². The van der Waals surface area contributed by atoms with Crippen LogP contribution in [0.5, 0.6) is 0 Å². The van der Waals surface area contributed by atoms with Crippen molar-refractivity contribution in [3.8, 4) is 44.8 Å². The van der Waals surface area contributed by atoms with Crippen molar-refractivity contribution in [2.45, 2.75) is 19.3 Å². The van der Waals surface area contributed by atoms with Gasteiger partial charge in [-0.2, -0.15) is 0 Å². The number of hydrogen-bond donors (Lipinski definition) is 0. The van der Waals surface area contributed by atoms with E-state index in [-0.39, 0.29) is 5.41 Å². The normalized spacial score (nSPS) is 13.3. The molecule has 13 rings (SSSR count). The van der Waals surface area contributed by atoms with Gasteiger partial charge in [-0.15, -0.1) is 0 Å². The van der Waals surface area contributed by atoms with Crippen molar-refractivity contribution < 1.29 is 4.42 Å². The van der Waals surface area contributed by atoms with Crippen LogP contribution in [0.4, 0.5) is 0 Å². The summed E-state index contributed by atoms with van der Waals surface area (Å²) in [6.07, 6.45) is 0. The summed E-state index contributed by atoms with van der Waals surface area (Å²) in [5.74, 6) is 0. The molecule has 3 aromatic heterocycles. The fourth-order valence-electron chi connectivity index (χ4n) is 10.6. The monoisotopic (exact) mass is 766 g/mol. The summed E-state index contributed by atoms with van der Waals surface area (Å²) < 4.78 is 11.4. The van der Waals surface area contributed by atoms with E-state index < -0.39 is 0 Å². The van der Waals surface area contributed by atoms with E-state index in [1.807, 2.05) is 0 Å². The molecule has 0 N–H and O–H groups in total. The van der Waals surface area contributed by atoms with Crippen molar-refractivity contribution in [2.24, 2.45) is 0 Å². The van der Waals surface area contributed by atoms with Crippen molar-refractivity contribution in [3.05, 3.63) is 205 Å². The van der Waals surface area contributed by atoms with Gasteiger partial charge in [0.25, 0.3) is 0 Å². The first kappa shape index (κ1) is 33.4. The molecule has 282 valence electrons. The Morgan fingerprint density at radius 1 is 0.367 bits per heavy atom. The van der Waals surface area contributed by atoms with Crippen molar-refractivity contribution in [1.82, 2.24) is 9.13 Å². The molecule has 0 amide bonds. The van der Waals surface area contributed by atoms with Gasteiger partial charge in [0.2, 0.25) is 0 Å². The van der Waals surface area contributed by atoms with Gasteiger partial charge in [-0.25, -0.2) is 0 Å². The quantitative estimate of drug-likeness (QED) is 0.175. The van der Waals surface area contributed by atoms with Gasteiger partial charge in [-0.1, -0.05) is 129 Å². The van der Waals surface area contributed by atoms with Gasteiger partial charge < -0.3 is 13.6 Å². The molecule has 9 aromatic carbocycles. The van der Waals surface area contributed by atoms with Crippen molar-refractivity contribution in [2.75, 3.05) is 0 Å². The highest BCUT2D eigenvalue weighted by atomic mass is 16.3. The molecule has 0 bridgehead atoms. The average Bonchev–Trinajstić information content (AvgIpc) is 4.01. The molecule has 0 saturated carbocycles. The Kier molecular flexibility index (Phi) is 6.78. The molecule has 0 aliphatic heterocycles. The predicted molar refractivity (Wildman–Crippen MR) is 251 cm³/mol. The molecule has 3 heterocycles. The molecule has 0 fully saturated rings. The van der Waals surface area contributed by atoms with Crippen LogP contribution in [0, 0.1) is 0 Å². The zero-order valence-electron chi connectivity index (χ0n) is 33.3. The number of benzene rings is 9. The zero-order valence-corrected chi connectivity index (χ0v) is 33.3. The average molecular weight is 767 g/mol. The van der Waals surface area contributed by atoms with Crippen LogP contribution in [-0.2, 0) is 5.41 Å². The Bertz CT molecular complexity index is 3730. The van der Waals surface area contributed by atoms with E-state index in [4.69, 9.17) is 4.42 Å². The lowest BCUT2D eigenvalue weighted by Crippen LogP contribution is -2.14. The fraction of sp³-hybridized carbons (Fsp3) is 0.0526. The fourth-order valence-corrected chi connectivity index (χ4v) is 10.6. The third-order valence-corrected chi connectivity index (χ3v) is 13.3. The van der Waals surface area contributed by atoms with Gasteiger partial charge in [-0.05, 0) is 123 Å². The van der Waals surface area contributed by atoms with Crippen LogP contribution in [0.3, 0.4) is 0 Å². The lowest BCUT2D eigenvalue weighted by Gasteiger charge is -2.21. The Labute approximate surface area is 347 Å². The number of aromatic nitrogens is 2. The summed E-state index contributed by atoms with van der Waals surface area (Å²) in [5, 5.41) is 7.31. The van der Waals surface area contributed by atoms with E-state index in [1.54, 1.807) is 0 Å². The first-order chi connectivity index (χ1) is 29.5. The third-order valence-electron chi connectivity index (χ3n) is 13.3. The smallest absolute Gasteiger partial charge is 0.136 e. The first-order valence-corrected chi connectivity index (χ1v) is 20.8. The summed E-state index contributed by atoms with van der Waals surface area (Å²) in [7, 11) is 0. The van der Waals surface area contributed by atoms with Crippen LogP contribution in [0.1, 0.15) is 25.0 Å². The number of nitrogens with zero attached hydrogens (tertiary/aromatic N) is 2. The Morgan fingerprint density at radius 2 is 0.950 bits per heavy atom. The molecule has 0 saturated heterocycles. The zero-order chi connectivity index (χ0) is 39.7. The number of fused-ring (bicyclic) bond motifs is 13. The molecule has 1 aliphatic carbocycles. The van der Waals surface area contributed by atoms with Crippen molar-refractivity contribution in [1.29, 1.82) is 0 Å². The standard InChI is InChI=1S/C57H38N2O/c1-57(2)46-21-11-9-19-42(46)55-47(57)27-30-51-56(55)44-34-37(25-29-50(44)59(51)39-16-7-4-8-17-39)40-20-13-23-53-54(40)45-33-36(26-31-52(45)60-53)35-24-28-49-43(32-35)41-18-10-12-22-48(41)58(49)38-14-5-3-6-15-38/h3-34H,1-2H3. The number of para-hydroxylation sites is 3. The van der Waals surface area contributed by atoms with E-state index in [2.05, 4.69) is 217 Å². The topological polar surface area (TPSA) is 23.0 Å². The van der Waals surface area contributed by atoms with Crippen molar-refractivity contribution >= 4 is 65.6 Å². The van der Waals surface area contributed by atoms with E-state index >= 15 is 0 Å². The van der Waals surface area contributed by atoms with Gasteiger partial charge in [0.15, 0.2) is 0 Å². The maximum atomic E-state index is 6.62. The Hall–Kier alpha value is -7.62. The molecular weight excluding hydrogens is 729 g/mol. The third kappa shape index (κ3) is 4.55. The number of hydrogen-bond acceptors (Lipinski definition) is 1. The second-order valence-electron chi connectivity index (χ2n) is 16.9. The van der Waals surface area contributed by atoms with Crippen LogP contribution in [-0.4, -0.2) is 9.13 Å². The predicted octanol–water partition coefficient (Wildman–Crippen LogP) is 15.4. The van der Waals surface area contributed by atoms with E-state index in [1.165, 1.54) is 82.6 Å². The minimum atomic E-state index is -0.0958. The highest BCUT2D eigenvalue weighted by Crippen LogP contribution is 2.53. The van der Waals surface area contributed by atoms with Crippen LogP contribution in [0.25, 0.3) is 110 Å². The Morgan fingerprint density at radius 3 is 1.75 bits per heavy atom. The molecule has 12 aromatic rings. The number of rotatable bonds is 4. The van der Waals surface area contributed by atoms with Gasteiger partial charge in [0.05, 0.1) is 22.1 Å². The first-order valence-electron chi connectivity index (χ1n) is 20.8. The maximum Gasteiger partial charge on any atom is 0.136 e. The summed E-state index contributed by atoms with van der Waals surface area (Å²) >= 11 is 0. The minimum absolute atomic E-state index is 0.0958. The summed E-state index contributed by atoms with van der Waals surface area (Å²) in [6.45, 7) is 4.73. The summed E-state index contributed by atoms with van der Waals surface area (Å²) in [6, 6.07) is 71.0. The minimum Gasteiger partial charge on any atom is -0.456 e. The van der Waals surface area contributed by atoms with Crippen LogP contribution < -0.4 is 0 Å². The second-order valence-corrected chi connectivity index (χ2v) is 16.9. The molecule has 3 nitrogen and oxygen atoms in total. The van der Waals surface area contributed by atoms with Crippen LogP contribution in [0.2, 0.25) is 0 Å². The molecule has 0 unspecified atom stereocenters. The molecule has 60 heavy (non-hydrogen) atoms. The van der Waals surface area contributed by atoms with Gasteiger partial charge >= 0.3 is 0 Å². The van der Waals surface area contributed by atoms with Crippen molar-refractivity contribution in [3.63, 3.8) is 0 Å². The Balaban J connectivity index is 1.03. The lowest BCUT2D eigenvalue weighted by molar-refractivity contribution is 0.661. The highest BCUT2D eigenvalue weighted by molar-refractivity contribution is 6.20. The molecule has 0 spiro atoms. The van der Waals surface area contributed by atoms with Crippen LogP contribution in [0.15, 0.2) is 199 Å². The summed E-state index contributed by atoms with van der Waals surface area (Å²) in [4.78, 5) is 0. The SMILES string of the molecule is CC1(C)c2ccccc2-c2c1ccc1c2c2cc(-c3cccc4oc5ccc(-c6ccc7c(c6)c6ccccc6n7-c6ccccc6)cc5c34)ccc2n1-c1ccccc1. The maximum absolute atomic E-state index is 6.62. The molecule has 0 radical (unpaired) electrons.